The molecule has 0 radical (unpaired) electrons. The summed E-state index contributed by atoms with van der Waals surface area (Å²) in [6, 6.07) is 15.2. The molecule has 1 aromatic heterocycles. The smallest absolute Gasteiger partial charge is 0.240 e. The molecule has 3 heterocycles. The number of aromatic nitrogens is 2. The number of nitrogens with zero attached hydrogens (tertiary/aromatic N) is 1. The van der Waals surface area contributed by atoms with Crippen molar-refractivity contribution in [1.29, 1.82) is 0 Å². The largest absolute Gasteiger partial charge is 0.397 e. The molecule has 2 fully saturated rings. The molecule has 2 aliphatic rings. The Morgan fingerprint density at radius 3 is 2.29 bits per heavy atom. The average molecular weight is 445 g/mol. The maximum atomic E-state index is 5.76. The van der Waals surface area contributed by atoms with Gasteiger partial charge in [0.25, 0.3) is 0 Å². The fourth-order valence-electron chi connectivity index (χ4n) is 2.89. The molecule has 2 aromatic carbocycles. The van der Waals surface area contributed by atoms with Gasteiger partial charge < -0.3 is 45.6 Å². The first-order valence-corrected chi connectivity index (χ1v) is 10.2. The minimum Gasteiger partial charge on any atom is -0.397 e. The monoisotopic (exact) mass is 444 g/mol. The molecule has 6 N–H and O–H groups in total. The van der Waals surface area contributed by atoms with Crippen LogP contribution in [0.3, 0.4) is 0 Å². The molecular formula is C20H24N6O4S. The fraction of sp³-hybridized carbons (Fsp3) is 0.300. The predicted octanol–water partition coefficient (Wildman–Crippen LogP) is 2.19. The summed E-state index contributed by atoms with van der Waals surface area (Å²) in [5.41, 5.74) is 9.09. The van der Waals surface area contributed by atoms with Gasteiger partial charge in [0.2, 0.25) is 18.8 Å². The van der Waals surface area contributed by atoms with Crippen molar-refractivity contribution in [1.82, 2.24) is 15.3 Å². The van der Waals surface area contributed by atoms with Crippen molar-refractivity contribution in [3.63, 3.8) is 0 Å². The van der Waals surface area contributed by atoms with Crippen molar-refractivity contribution in [2.75, 3.05) is 42.8 Å². The molecule has 5 rings (SSSR count). The number of hydrogen-bond donors (Lipinski definition) is 5. The van der Waals surface area contributed by atoms with E-state index in [0.29, 0.717) is 43.2 Å². The summed E-state index contributed by atoms with van der Waals surface area (Å²) in [7, 11) is 0. The summed E-state index contributed by atoms with van der Waals surface area (Å²) in [6.07, 6.45) is -0.851. The second kappa shape index (κ2) is 10.4. The molecule has 0 bridgehead atoms. The number of anilines is 3. The summed E-state index contributed by atoms with van der Waals surface area (Å²) < 4.78 is 20.9. The zero-order chi connectivity index (χ0) is 21.5. The third-order valence-corrected chi connectivity index (χ3v) is 4.57. The van der Waals surface area contributed by atoms with Crippen molar-refractivity contribution in [3.05, 3.63) is 48.5 Å². The van der Waals surface area contributed by atoms with Crippen LogP contribution in [-0.2, 0) is 18.9 Å². The van der Waals surface area contributed by atoms with Crippen LogP contribution in [-0.4, -0.2) is 54.3 Å². The Labute approximate surface area is 184 Å². The molecule has 164 valence electrons. The Balaban J connectivity index is 0.000000149. The van der Waals surface area contributed by atoms with Crippen LogP contribution in [0.25, 0.3) is 11.0 Å². The number of thiocarbonyl (C=S) groups is 1. The highest BCUT2D eigenvalue weighted by molar-refractivity contribution is 7.80. The maximum Gasteiger partial charge on any atom is 0.240 e. The van der Waals surface area contributed by atoms with E-state index in [-0.39, 0.29) is 6.41 Å². The van der Waals surface area contributed by atoms with Gasteiger partial charge in [0, 0.05) is 0 Å². The van der Waals surface area contributed by atoms with Crippen molar-refractivity contribution in [2.45, 2.75) is 12.8 Å². The number of nitrogens with one attached hydrogen (secondary N) is 4. The number of ether oxygens (including phenoxy) is 4. The van der Waals surface area contributed by atoms with Crippen LogP contribution >= 0.6 is 12.2 Å². The van der Waals surface area contributed by atoms with Crippen LogP contribution in [0.4, 0.5) is 17.3 Å². The van der Waals surface area contributed by atoms with Gasteiger partial charge in [0.15, 0.2) is 5.11 Å². The normalized spacial score (nSPS) is 16.6. The SMILES string of the molecule is Nc1ccccc1NC(=S)NC1OCCO1.c1ccc2[nH]c(NC3OCCO3)nc2c1. The van der Waals surface area contributed by atoms with Crippen LogP contribution in [0.1, 0.15) is 0 Å². The van der Waals surface area contributed by atoms with E-state index in [4.69, 9.17) is 36.9 Å². The van der Waals surface area contributed by atoms with Crippen molar-refractivity contribution >= 4 is 45.7 Å². The lowest BCUT2D eigenvalue weighted by atomic mass is 10.3. The molecule has 0 unspecified atom stereocenters. The number of H-pyrrole nitrogens is 1. The first-order valence-electron chi connectivity index (χ1n) is 9.77. The van der Waals surface area contributed by atoms with E-state index in [9.17, 15) is 0 Å². The second-order valence-corrected chi connectivity index (χ2v) is 6.99. The minimum atomic E-state index is -0.468. The molecule has 0 saturated carbocycles. The Hall–Kier alpha value is -2.96. The summed E-state index contributed by atoms with van der Waals surface area (Å²) in [5.74, 6) is 0.670. The number of para-hydroxylation sites is 4. The predicted molar refractivity (Wildman–Crippen MR) is 121 cm³/mol. The number of benzene rings is 2. The van der Waals surface area contributed by atoms with Gasteiger partial charge in [0.1, 0.15) is 0 Å². The van der Waals surface area contributed by atoms with Crippen LogP contribution in [0, 0.1) is 0 Å². The minimum absolute atomic E-state index is 0.384. The summed E-state index contributed by atoms with van der Waals surface area (Å²) in [4.78, 5) is 7.49. The summed E-state index contributed by atoms with van der Waals surface area (Å²) >= 11 is 5.09. The third-order valence-electron chi connectivity index (χ3n) is 4.35. The quantitative estimate of drug-likeness (QED) is 0.302. The van der Waals surface area contributed by atoms with E-state index >= 15 is 0 Å². The molecule has 10 nitrogen and oxygen atoms in total. The standard InChI is InChI=1S/C10H13N3O2S.C10H11N3O2/c11-7-3-1-2-4-8(7)12-9(16)13-10-14-5-6-15-10;1-2-4-8-7(3-1)11-9(12-8)13-10-14-5-6-15-10/h1-4,10H,5-6,11H2,(H2,12,13,16);1-4,10H,5-6H2,(H2,11,12,13). The van der Waals surface area contributed by atoms with Gasteiger partial charge in [0.05, 0.1) is 48.8 Å². The molecule has 31 heavy (non-hydrogen) atoms. The highest BCUT2D eigenvalue weighted by atomic mass is 32.1. The lowest BCUT2D eigenvalue weighted by Crippen LogP contribution is -2.38. The average Bonchev–Trinajstić information content (AvgIpc) is 3.52. The molecule has 0 amide bonds. The molecule has 2 saturated heterocycles. The van der Waals surface area contributed by atoms with Gasteiger partial charge in [-0.1, -0.05) is 24.3 Å². The lowest BCUT2D eigenvalue weighted by molar-refractivity contribution is -0.0516. The van der Waals surface area contributed by atoms with Gasteiger partial charge in [-0.2, -0.15) is 0 Å². The van der Waals surface area contributed by atoms with Crippen LogP contribution in [0.5, 0.6) is 0 Å². The topological polar surface area (TPSA) is 128 Å². The highest BCUT2D eigenvalue weighted by Gasteiger charge is 2.17. The number of imidazole rings is 1. The fourth-order valence-corrected chi connectivity index (χ4v) is 3.10. The number of rotatable bonds is 4. The van der Waals surface area contributed by atoms with Gasteiger partial charge in [-0.05, 0) is 36.5 Å². The molecule has 0 spiro atoms. The zero-order valence-corrected chi connectivity index (χ0v) is 17.5. The Morgan fingerprint density at radius 2 is 1.58 bits per heavy atom. The number of nitrogen functional groups attached to an aromatic ring is 1. The molecule has 0 aliphatic carbocycles. The Kier molecular flexibility index (Phi) is 7.12. The van der Waals surface area contributed by atoms with E-state index in [1.54, 1.807) is 6.07 Å². The van der Waals surface area contributed by atoms with E-state index in [0.717, 1.165) is 16.7 Å². The first-order chi connectivity index (χ1) is 15.2. The van der Waals surface area contributed by atoms with Crippen molar-refractivity contribution in [2.24, 2.45) is 0 Å². The Morgan fingerprint density at radius 1 is 0.935 bits per heavy atom. The number of nitrogens with two attached hydrogens (primary N) is 1. The van der Waals surface area contributed by atoms with Gasteiger partial charge in [-0.15, -0.1) is 0 Å². The zero-order valence-electron chi connectivity index (χ0n) is 16.7. The van der Waals surface area contributed by atoms with Crippen molar-refractivity contribution < 1.29 is 18.9 Å². The number of fused-ring (bicyclic) bond motifs is 1. The molecule has 2 aliphatic heterocycles. The molecular weight excluding hydrogens is 420 g/mol. The lowest BCUT2D eigenvalue weighted by Gasteiger charge is -2.15. The van der Waals surface area contributed by atoms with Gasteiger partial charge in [-0.25, -0.2) is 4.98 Å². The first kappa shape index (κ1) is 21.3. The van der Waals surface area contributed by atoms with Crippen molar-refractivity contribution in [3.8, 4) is 0 Å². The van der Waals surface area contributed by atoms with E-state index in [1.807, 2.05) is 42.5 Å². The van der Waals surface area contributed by atoms with Gasteiger partial charge in [-0.3, -0.25) is 0 Å². The number of hydrogen-bond acceptors (Lipinski definition) is 8. The maximum absolute atomic E-state index is 5.76. The highest BCUT2D eigenvalue weighted by Crippen LogP contribution is 2.17. The van der Waals surface area contributed by atoms with Gasteiger partial charge >= 0.3 is 0 Å². The van der Waals surface area contributed by atoms with Crippen LogP contribution in [0.15, 0.2) is 48.5 Å². The Bertz CT molecular complexity index is 971. The third kappa shape index (κ3) is 6.03. The second-order valence-electron chi connectivity index (χ2n) is 6.58. The summed E-state index contributed by atoms with van der Waals surface area (Å²) in [6.45, 7) is 2.40. The van der Waals surface area contributed by atoms with E-state index < -0.39 is 6.41 Å². The molecule has 3 aromatic rings. The van der Waals surface area contributed by atoms with E-state index in [2.05, 4.69) is 25.9 Å². The van der Waals surface area contributed by atoms with Crippen LogP contribution < -0.4 is 21.7 Å². The molecule has 11 heteroatoms. The molecule has 0 atom stereocenters. The van der Waals surface area contributed by atoms with Crippen LogP contribution in [0.2, 0.25) is 0 Å². The number of aromatic amines is 1. The van der Waals surface area contributed by atoms with E-state index in [1.165, 1.54) is 0 Å². The summed E-state index contributed by atoms with van der Waals surface area (Å²) in [5, 5.41) is 9.29.